The standard InChI is InChI=1S/C40H81NO4/c1-3-5-7-9-11-13-15-17-18-19-20-21-23-25-27-29-31-33-35-39(44)41-37(36-42)40(45)38(43)34-32-30-28-26-24-22-16-14-12-10-8-6-4-2/h37-38,40,42-43,45H,3-36H2,1-2H3,(H,41,44)/t37-,38+,40-/m0/s1. The van der Waals surface area contributed by atoms with Crippen LogP contribution in [0, 0.1) is 0 Å². The highest BCUT2D eigenvalue weighted by Gasteiger charge is 2.26. The van der Waals surface area contributed by atoms with Gasteiger partial charge in [-0.05, 0) is 12.8 Å². The Morgan fingerprint density at radius 3 is 1.07 bits per heavy atom. The Morgan fingerprint density at radius 1 is 0.467 bits per heavy atom. The third kappa shape index (κ3) is 31.7. The topological polar surface area (TPSA) is 89.8 Å². The second kappa shape index (κ2) is 36.2. The molecule has 4 N–H and O–H groups in total. The molecule has 0 spiro atoms. The van der Waals surface area contributed by atoms with Crippen molar-refractivity contribution in [1.82, 2.24) is 5.32 Å². The molecule has 0 rings (SSSR count). The van der Waals surface area contributed by atoms with Crippen LogP contribution < -0.4 is 5.32 Å². The predicted octanol–water partition coefficient (Wildman–Crippen LogP) is 11.1. The van der Waals surface area contributed by atoms with Crippen LogP contribution in [0.25, 0.3) is 0 Å². The molecule has 3 atom stereocenters. The Balaban J connectivity index is 3.60. The van der Waals surface area contributed by atoms with Crippen molar-refractivity contribution < 1.29 is 20.1 Å². The van der Waals surface area contributed by atoms with Crippen LogP contribution in [0.3, 0.4) is 0 Å². The Bertz CT molecular complexity index is 587. The van der Waals surface area contributed by atoms with Gasteiger partial charge in [0.2, 0.25) is 5.91 Å². The van der Waals surface area contributed by atoms with Crippen molar-refractivity contribution in [3.05, 3.63) is 0 Å². The van der Waals surface area contributed by atoms with Gasteiger partial charge in [0.1, 0.15) is 6.10 Å². The molecular formula is C40H81NO4. The summed E-state index contributed by atoms with van der Waals surface area (Å²) >= 11 is 0. The predicted molar refractivity (Wildman–Crippen MR) is 195 cm³/mol. The number of aliphatic hydroxyl groups is 3. The molecular weight excluding hydrogens is 558 g/mol. The van der Waals surface area contributed by atoms with Crippen LogP contribution in [0.2, 0.25) is 0 Å². The highest BCUT2D eigenvalue weighted by molar-refractivity contribution is 5.76. The molecule has 5 nitrogen and oxygen atoms in total. The van der Waals surface area contributed by atoms with E-state index in [1.165, 1.54) is 167 Å². The fourth-order valence-electron chi connectivity index (χ4n) is 6.52. The lowest BCUT2D eigenvalue weighted by atomic mass is 9.99. The minimum atomic E-state index is -1.13. The maximum atomic E-state index is 12.4. The van der Waals surface area contributed by atoms with Crippen LogP contribution in [-0.2, 0) is 4.79 Å². The summed E-state index contributed by atoms with van der Waals surface area (Å²) in [6.07, 6.45) is 39.1. The van der Waals surface area contributed by atoms with Gasteiger partial charge in [0.15, 0.2) is 0 Å². The Morgan fingerprint density at radius 2 is 0.756 bits per heavy atom. The second-order valence-electron chi connectivity index (χ2n) is 14.2. The first-order valence-electron chi connectivity index (χ1n) is 20.3. The van der Waals surface area contributed by atoms with E-state index in [1.54, 1.807) is 0 Å². The number of carbonyl (C=O) groups is 1. The molecule has 1 amide bonds. The van der Waals surface area contributed by atoms with Crippen LogP contribution in [0.15, 0.2) is 0 Å². The first-order chi connectivity index (χ1) is 22.1. The number of hydrogen-bond donors (Lipinski definition) is 4. The largest absolute Gasteiger partial charge is 0.394 e. The average Bonchev–Trinajstić information content (AvgIpc) is 3.04. The Kier molecular flexibility index (Phi) is 35.7. The van der Waals surface area contributed by atoms with Gasteiger partial charge in [-0.25, -0.2) is 0 Å². The summed E-state index contributed by atoms with van der Waals surface area (Å²) in [6, 6.07) is -0.801. The molecule has 0 saturated heterocycles. The molecule has 270 valence electrons. The number of unbranched alkanes of at least 4 members (excludes halogenated alkanes) is 29. The number of rotatable bonds is 37. The first kappa shape index (κ1) is 44.4. The highest BCUT2D eigenvalue weighted by Crippen LogP contribution is 2.16. The summed E-state index contributed by atoms with van der Waals surface area (Å²) in [5.41, 5.74) is 0. The molecule has 0 aliphatic heterocycles. The quantitative estimate of drug-likeness (QED) is 0.0509. The fraction of sp³-hybridized carbons (Fsp3) is 0.975. The fourth-order valence-corrected chi connectivity index (χ4v) is 6.52. The van der Waals surface area contributed by atoms with Gasteiger partial charge < -0.3 is 20.6 Å². The zero-order valence-corrected chi connectivity index (χ0v) is 30.5. The minimum absolute atomic E-state index is 0.141. The summed E-state index contributed by atoms with van der Waals surface area (Å²) in [6.45, 7) is 4.18. The van der Waals surface area contributed by atoms with E-state index >= 15 is 0 Å². The van der Waals surface area contributed by atoms with Gasteiger partial charge in [-0.2, -0.15) is 0 Å². The normalized spacial score (nSPS) is 13.6. The minimum Gasteiger partial charge on any atom is -0.394 e. The number of carbonyl (C=O) groups excluding carboxylic acids is 1. The molecule has 5 heteroatoms. The lowest BCUT2D eigenvalue weighted by Crippen LogP contribution is -2.50. The molecule has 0 aromatic rings. The molecule has 0 aromatic heterocycles. The monoisotopic (exact) mass is 640 g/mol. The van der Waals surface area contributed by atoms with Crippen LogP contribution >= 0.6 is 0 Å². The third-order valence-corrected chi connectivity index (χ3v) is 9.71. The van der Waals surface area contributed by atoms with Crippen molar-refractivity contribution in [2.24, 2.45) is 0 Å². The second-order valence-corrected chi connectivity index (χ2v) is 14.2. The van der Waals surface area contributed by atoms with Crippen molar-refractivity contribution in [1.29, 1.82) is 0 Å². The van der Waals surface area contributed by atoms with E-state index in [0.29, 0.717) is 12.8 Å². The van der Waals surface area contributed by atoms with E-state index in [0.717, 1.165) is 32.1 Å². The summed E-state index contributed by atoms with van der Waals surface area (Å²) in [5.74, 6) is -0.141. The van der Waals surface area contributed by atoms with E-state index in [9.17, 15) is 20.1 Å². The lowest BCUT2D eigenvalue weighted by molar-refractivity contribution is -0.124. The van der Waals surface area contributed by atoms with Gasteiger partial charge >= 0.3 is 0 Å². The highest BCUT2D eigenvalue weighted by atomic mass is 16.3. The van der Waals surface area contributed by atoms with Crippen molar-refractivity contribution in [3.8, 4) is 0 Å². The molecule has 0 fully saturated rings. The summed E-state index contributed by atoms with van der Waals surface area (Å²) in [4.78, 5) is 12.4. The van der Waals surface area contributed by atoms with Gasteiger partial charge in [0.05, 0.1) is 18.8 Å². The van der Waals surface area contributed by atoms with Crippen molar-refractivity contribution >= 4 is 5.91 Å². The molecule has 45 heavy (non-hydrogen) atoms. The summed E-state index contributed by atoms with van der Waals surface area (Å²) in [7, 11) is 0. The molecule has 0 saturated carbocycles. The third-order valence-electron chi connectivity index (χ3n) is 9.71. The van der Waals surface area contributed by atoms with Gasteiger partial charge in [0, 0.05) is 6.42 Å². The van der Waals surface area contributed by atoms with Crippen LogP contribution in [-0.4, -0.2) is 46.1 Å². The van der Waals surface area contributed by atoms with Gasteiger partial charge in [-0.15, -0.1) is 0 Å². The Labute approximate surface area is 281 Å². The van der Waals surface area contributed by atoms with E-state index in [2.05, 4.69) is 19.2 Å². The van der Waals surface area contributed by atoms with Gasteiger partial charge in [0.25, 0.3) is 0 Å². The maximum absolute atomic E-state index is 12.4. The molecule has 0 unspecified atom stereocenters. The summed E-state index contributed by atoms with van der Waals surface area (Å²) < 4.78 is 0. The number of aliphatic hydroxyl groups excluding tert-OH is 3. The van der Waals surface area contributed by atoms with E-state index in [4.69, 9.17) is 0 Å². The molecule has 0 aliphatic carbocycles. The Hall–Kier alpha value is -0.650. The van der Waals surface area contributed by atoms with E-state index in [1.807, 2.05) is 0 Å². The molecule has 0 bridgehead atoms. The van der Waals surface area contributed by atoms with E-state index in [-0.39, 0.29) is 12.5 Å². The van der Waals surface area contributed by atoms with Gasteiger partial charge in [-0.1, -0.05) is 206 Å². The zero-order valence-electron chi connectivity index (χ0n) is 30.5. The van der Waals surface area contributed by atoms with Crippen molar-refractivity contribution in [2.75, 3.05) is 6.61 Å². The number of hydrogen-bond acceptors (Lipinski definition) is 4. The van der Waals surface area contributed by atoms with Crippen LogP contribution in [0.4, 0.5) is 0 Å². The number of amides is 1. The van der Waals surface area contributed by atoms with Crippen molar-refractivity contribution in [2.45, 2.75) is 244 Å². The van der Waals surface area contributed by atoms with Gasteiger partial charge in [-0.3, -0.25) is 4.79 Å². The number of nitrogens with one attached hydrogen (secondary N) is 1. The van der Waals surface area contributed by atoms with Crippen LogP contribution in [0.5, 0.6) is 0 Å². The van der Waals surface area contributed by atoms with Crippen molar-refractivity contribution in [3.63, 3.8) is 0 Å². The first-order valence-corrected chi connectivity index (χ1v) is 20.3. The SMILES string of the molecule is CCCCCCCCCCCCCCCCCCCCC(=O)N[C@@H](CO)[C@H](O)[C@H](O)CCCCCCCCCCCCCCC. The van der Waals surface area contributed by atoms with Crippen LogP contribution in [0.1, 0.15) is 226 Å². The summed E-state index contributed by atoms with van der Waals surface area (Å²) in [5, 5.41) is 33.4. The van der Waals surface area contributed by atoms with E-state index < -0.39 is 18.2 Å². The average molecular weight is 640 g/mol. The molecule has 0 heterocycles. The lowest BCUT2D eigenvalue weighted by Gasteiger charge is -2.26. The molecule has 0 aromatic carbocycles. The zero-order chi connectivity index (χ0) is 33.1. The molecule has 0 radical (unpaired) electrons. The molecule has 0 aliphatic rings. The maximum Gasteiger partial charge on any atom is 0.220 e. The smallest absolute Gasteiger partial charge is 0.220 e.